The van der Waals surface area contributed by atoms with Crippen molar-refractivity contribution in [3.8, 4) is 17.1 Å². The molecule has 0 bridgehead atoms. The third kappa shape index (κ3) is 5.21. The molecule has 1 amide bonds. The Kier molecular flexibility index (Phi) is 7.18. The number of hydrogen-bond acceptors (Lipinski definition) is 6. The Morgan fingerprint density at radius 3 is 2.75 bits per heavy atom. The maximum Gasteiger partial charge on any atom is 0.270 e. The molecular formula is C29H30N4O3. The molecule has 1 aliphatic rings. The first kappa shape index (κ1) is 23.9. The van der Waals surface area contributed by atoms with E-state index in [9.17, 15) is 9.90 Å². The predicted octanol–water partition coefficient (Wildman–Crippen LogP) is 4.71. The van der Waals surface area contributed by atoms with E-state index < -0.39 is 6.10 Å². The minimum atomic E-state index is -0.504. The number of rotatable bonds is 7. The lowest BCUT2D eigenvalue weighted by atomic mass is 9.92. The van der Waals surface area contributed by atoms with Crippen LogP contribution in [0.5, 0.6) is 5.88 Å². The van der Waals surface area contributed by atoms with Crippen molar-refractivity contribution in [1.29, 1.82) is 0 Å². The third-order valence-electron chi connectivity index (χ3n) is 6.63. The monoisotopic (exact) mass is 482 g/mol. The molecule has 0 aliphatic heterocycles. The Morgan fingerprint density at radius 1 is 1.08 bits per heavy atom. The number of aromatic nitrogens is 3. The van der Waals surface area contributed by atoms with Gasteiger partial charge in [-0.1, -0.05) is 37.1 Å². The molecule has 7 heteroatoms. The summed E-state index contributed by atoms with van der Waals surface area (Å²) >= 11 is 0. The molecule has 4 aromatic rings. The van der Waals surface area contributed by atoms with Crippen LogP contribution in [0.15, 0.2) is 67.0 Å². The van der Waals surface area contributed by atoms with E-state index in [1.807, 2.05) is 67.7 Å². The zero-order valence-electron chi connectivity index (χ0n) is 20.4. The summed E-state index contributed by atoms with van der Waals surface area (Å²) in [6.45, 7) is 2.46. The fourth-order valence-electron chi connectivity index (χ4n) is 4.78. The molecule has 1 saturated carbocycles. The Labute approximate surface area is 210 Å². The van der Waals surface area contributed by atoms with Gasteiger partial charge >= 0.3 is 0 Å². The van der Waals surface area contributed by atoms with Crippen molar-refractivity contribution in [3.05, 3.63) is 83.8 Å². The van der Waals surface area contributed by atoms with E-state index >= 15 is 0 Å². The Morgan fingerprint density at radius 2 is 1.94 bits per heavy atom. The Balaban J connectivity index is 1.41. The summed E-state index contributed by atoms with van der Waals surface area (Å²) in [6, 6.07) is 17.3. The van der Waals surface area contributed by atoms with Gasteiger partial charge < -0.3 is 15.2 Å². The second-order valence-corrected chi connectivity index (χ2v) is 9.13. The normalized spacial score (nSPS) is 17.6. The van der Waals surface area contributed by atoms with Crippen LogP contribution < -0.4 is 10.1 Å². The molecule has 7 nitrogen and oxygen atoms in total. The number of carbonyl (C=O) groups excluding carboxylic acids is 1. The first-order valence-corrected chi connectivity index (χ1v) is 12.5. The number of hydrogen-bond donors (Lipinski definition) is 2. The number of pyridine rings is 3. The van der Waals surface area contributed by atoms with Gasteiger partial charge in [0.05, 0.1) is 35.5 Å². The molecule has 0 saturated heterocycles. The minimum absolute atomic E-state index is 0.228. The van der Waals surface area contributed by atoms with Crippen molar-refractivity contribution in [3.63, 3.8) is 0 Å². The zero-order valence-corrected chi connectivity index (χ0v) is 20.4. The van der Waals surface area contributed by atoms with E-state index in [0.717, 1.165) is 59.0 Å². The van der Waals surface area contributed by atoms with Gasteiger partial charge in [-0.3, -0.25) is 9.78 Å². The van der Waals surface area contributed by atoms with Gasteiger partial charge in [-0.25, -0.2) is 9.97 Å². The van der Waals surface area contributed by atoms with Crippen LogP contribution in [0.25, 0.3) is 22.2 Å². The molecule has 1 aliphatic carbocycles. The number of nitrogens with one attached hydrogen (secondary N) is 1. The molecule has 0 unspecified atom stereocenters. The molecule has 3 heterocycles. The zero-order chi connectivity index (χ0) is 24.9. The van der Waals surface area contributed by atoms with Gasteiger partial charge in [0.15, 0.2) is 0 Å². The molecule has 2 N–H and O–H groups in total. The first-order valence-electron chi connectivity index (χ1n) is 12.5. The van der Waals surface area contributed by atoms with E-state index in [1.54, 1.807) is 6.20 Å². The van der Waals surface area contributed by atoms with Crippen LogP contribution in [0, 0.1) is 0 Å². The van der Waals surface area contributed by atoms with Gasteiger partial charge in [0, 0.05) is 17.8 Å². The lowest BCUT2D eigenvalue weighted by Gasteiger charge is -2.28. The molecule has 0 radical (unpaired) electrons. The lowest BCUT2D eigenvalue weighted by Crippen LogP contribution is -2.45. The fraction of sp³-hybridized carbons (Fsp3) is 0.310. The maximum atomic E-state index is 13.1. The summed E-state index contributed by atoms with van der Waals surface area (Å²) in [5.41, 5.74) is 4.80. The molecule has 1 aromatic carbocycles. The highest BCUT2D eigenvalue weighted by atomic mass is 16.5. The molecular weight excluding hydrogens is 452 g/mol. The second-order valence-electron chi connectivity index (χ2n) is 9.13. The SMILES string of the molecule is CCOc1ncccc1-c1ccc(Cc2cc(C(=O)N[C@H]3CCCC[C@@H]3O)nc3ccccc23)cn1. The summed E-state index contributed by atoms with van der Waals surface area (Å²) in [5.74, 6) is 0.320. The van der Waals surface area contributed by atoms with Crippen LogP contribution in [0.2, 0.25) is 0 Å². The van der Waals surface area contributed by atoms with E-state index in [0.29, 0.717) is 24.6 Å². The van der Waals surface area contributed by atoms with E-state index in [4.69, 9.17) is 4.74 Å². The summed E-state index contributed by atoms with van der Waals surface area (Å²) in [6.07, 6.45) is 7.16. The van der Waals surface area contributed by atoms with Crippen molar-refractivity contribution in [2.24, 2.45) is 0 Å². The van der Waals surface area contributed by atoms with Crippen molar-refractivity contribution < 1.29 is 14.6 Å². The molecule has 3 aromatic heterocycles. The highest BCUT2D eigenvalue weighted by Gasteiger charge is 2.25. The number of aliphatic hydroxyl groups excluding tert-OH is 1. The Hall–Kier alpha value is -3.84. The number of fused-ring (bicyclic) bond motifs is 1. The third-order valence-corrected chi connectivity index (χ3v) is 6.63. The van der Waals surface area contributed by atoms with Crippen molar-refractivity contribution in [2.75, 3.05) is 6.61 Å². The van der Waals surface area contributed by atoms with Gasteiger partial charge in [0.2, 0.25) is 5.88 Å². The van der Waals surface area contributed by atoms with Crippen LogP contribution in [-0.4, -0.2) is 44.7 Å². The van der Waals surface area contributed by atoms with Crippen LogP contribution in [0.1, 0.15) is 54.2 Å². The number of para-hydroxylation sites is 1. The summed E-state index contributed by atoms with van der Waals surface area (Å²) in [4.78, 5) is 26.7. The van der Waals surface area contributed by atoms with Crippen LogP contribution >= 0.6 is 0 Å². The smallest absolute Gasteiger partial charge is 0.270 e. The number of ether oxygens (including phenoxy) is 1. The van der Waals surface area contributed by atoms with Crippen LogP contribution in [0.3, 0.4) is 0 Å². The first-order chi connectivity index (χ1) is 17.6. The van der Waals surface area contributed by atoms with Gasteiger partial charge in [-0.2, -0.15) is 0 Å². The number of amides is 1. The highest BCUT2D eigenvalue weighted by molar-refractivity contribution is 5.96. The van der Waals surface area contributed by atoms with Crippen molar-refractivity contribution in [1.82, 2.24) is 20.3 Å². The molecule has 1 fully saturated rings. The van der Waals surface area contributed by atoms with Crippen molar-refractivity contribution in [2.45, 2.75) is 51.2 Å². The number of benzene rings is 1. The summed E-state index contributed by atoms with van der Waals surface area (Å²) < 4.78 is 5.65. The molecule has 184 valence electrons. The number of aliphatic hydroxyl groups is 1. The number of nitrogens with zero attached hydrogens (tertiary/aromatic N) is 3. The second kappa shape index (κ2) is 10.8. The number of carbonyl (C=O) groups is 1. The standard InChI is InChI=1S/C29H30N4O3/c1-2-36-29-22(9-7-15-30-29)23-14-13-19(18-31-23)16-20-17-26(32-24-10-4-3-8-21(20)24)28(35)33-25-11-5-6-12-27(25)34/h3-4,7-10,13-15,17-18,25,27,34H,2,5-6,11-12,16H2,1H3,(H,33,35)/t25-,27-/m0/s1. The highest BCUT2D eigenvalue weighted by Crippen LogP contribution is 2.27. The average Bonchev–Trinajstić information content (AvgIpc) is 2.91. The van der Waals surface area contributed by atoms with E-state index in [1.165, 1.54) is 0 Å². The van der Waals surface area contributed by atoms with Crippen LogP contribution in [-0.2, 0) is 6.42 Å². The van der Waals surface area contributed by atoms with Gasteiger partial charge in [-0.05, 0) is 67.6 Å². The predicted molar refractivity (Wildman–Crippen MR) is 139 cm³/mol. The summed E-state index contributed by atoms with van der Waals surface area (Å²) in [7, 11) is 0. The molecule has 36 heavy (non-hydrogen) atoms. The van der Waals surface area contributed by atoms with Gasteiger partial charge in [0.25, 0.3) is 5.91 Å². The minimum Gasteiger partial charge on any atom is -0.477 e. The molecule has 2 atom stereocenters. The van der Waals surface area contributed by atoms with Crippen LogP contribution in [0.4, 0.5) is 0 Å². The fourth-order valence-corrected chi connectivity index (χ4v) is 4.78. The van der Waals surface area contributed by atoms with E-state index in [2.05, 4.69) is 20.3 Å². The Bertz CT molecular complexity index is 1360. The van der Waals surface area contributed by atoms with E-state index in [-0.39, 0.29) is 11.9 Å². The largest absolute Gasteiger partial charge is 0.477 e. The average molecular weight is 483 g/mol. The topological polar surface area (TPSA) is 97.2 Å². The quantitative estimate of drug-likeness (QED) is 0.396. The molecule has 5 rings (SSSR count). The van der Waals surface area contributed by atoms with Gasteiger partial charge in [0.1, 0.15) is 5.69 Å². The summed E-state index contributed by atoms with van der Waals surface area (Å²) in [5, 5.41) is 14.3. The molecule has 0 spiro atoms. The van der Waals surface area contributed by atoms with Crippen molar-refractivity contribution >= 4 is 16.8 Å². The lowest BCUT2D eigenvalue weighted by molar-refractivity contribution is 0.0714. The van der Waals surface area contributed by atoms with Gasteiger partial charge in [-0.15, -0.1) is 0 Å². The maximum absolute atomic E-state index is 13.1.